The number of hydrogen-bond donors (Lipinski definition) is 3. The minimum Gasteiger partial charge on any atom is -0.387 e. The Balaban J connectivity index is 2.23. The first-order chi connectivity index (χ1) is 5.13. The third-order valence-corrected chi connectivity index (χ3v) is 2.17. The molecule has 3 aliphatic rings. The summed E-state index contributed by atoms with van der Waals surface area (Å²) in [5, 5.41) is 27.8. The van der Waals surface area contributed by atoms with Crippen molar-refractivity contribution >= 4 is 0 Å². The van der Waals surface area contributed by atoms with Gasteiger partial charge in [-0.1, -0.05) is 0 Å². The molecule has 0 aromatic rings. The summed E-state index contributed by atoms with van der Waals surface area (Å²) in [6, 6.07) is 0. The molecule has 5 heteroatoms. The summed E-state index contributed by atoms with van der Waals surface area (Å²) in [5.74, 6) is -1.70. The van der Waals surface area contributed by atoms with E-state index < -0.39 is 24.1 Å². The molecule has 0 unspecified atom stereocenters. The molecule has 5 nitrogen and oxygen atoms in total. The van der Waals surface area contributed by atoms with Crippen molar-refractivity contribution in [1.82, 2.24) is 0 Å². The Morgan fingerprint density at radius 2 is 2.09 bits per heavy atom. The molecule has 0 saturated carbocycles. The third kappa shape index (κ3) is 0.896. The average Bonchev–Trinajstić information content (AvgIpc) is 2.01. The van der Waals surface area contributed by atoms with Crippen LogP contribution in [0.1, 0.15) is 0 Å². The van der Waals surface area contributed by atoms with Crippen LogP contribution in [0.5, 0.6) is 0 Å². The predicted molar refractivity (Wildman–Crippen MR) is 32.7 cm³/mol. The Morgan fingerprint density at radius 1 is 1.36 bits per heavy atom. The van der Waals surface area contributed by atoms with E-state index >= 15 is 0 Å². The van der Waals surface area contributed by atoms with Gasteiger partial charge in [0, 0.05) is 0 Å². The molecular formula is C6H10O5. The molecule has 3 rings (SSSR count). The molecule has 2 bridgehead atoms. The topological polar surface area (TPSA) is 79.2 Å². The fraction of sp³-hybridized carbons (Fsp3) is 1.00. The summed E-state index contributed by atoms with van der Waals surface area (Å²) >= 11 is 0. The first-order valence-electron chi connectivity index (χ1n) is 3.47. The van der Waals surface area contributed by atoms with Crippen LogP contribution in [-0.4, -0.2) is 52.6 Å². The summed E-state index contributed by atoms with van der Waals surface area (Å²) in [6.45, 7) is 0.0601. The second kappa shape index (κ2) is 2.15. The quantitative estimate of drug-likeness (QED) is 0.377. The highest BCUT2D eigenvalue weighted by Crippen LogP contribution is 2.31. The molecule has 0 spiro atoms. The second-order valence-electron chi connectivity index (χ2n) is 2.94. The van der Waals surface area contributed by atoms with Crippen molar-refractivity contribution in [3.8, 4) is 0 Å². The number of rotatable bonds is 0. The highest BCUT2D eigenvalue weighted by molar-refractivity contribution is 4.96. The molecule has 0 aliphatic carbocycles. The smallest absolute Gasteiger partial charge is 0.219 e. The van der Waals surface area contributed by atoms with Crippen LogP contribution in [0, 0.1) is 0 Å². The summed E-state index contributed by atoms with van der Waals surface area (Å²) in [6.07, 6.45) is -2.79. The summed E-state index contributed by atoms with van der Waals surface area (Å²) in [7, 11) is 0. The summed E-state index contributed by atoms with van der Waals surface area (Å²) in [5.41, 5.74) is 0. The van der Waals surface area contributed by atoms with Crippen LogP contribution in [0.2, 0.25) is 0 Å². The van der Waals surface area contributed by atoms with Crippen LogP contribution >= 0.6 is 0 Å². The molecule has 3 aliphatic heterocycles. The van der Waals surface area contributed by atoms with E-state index in [1.807, 2.05) is 0 Å². The monoisotopic (exact) mass is 162 g/mol. The van der Waals surface area contributed by atoms with Gasteiger partial charge in [-0.3, -0.25) is 0 Å². The van der Waals surface area contributed by atoms with Gasteiger partial charge in [-0.2, -0.15) is 0 Å². The lowest BCUT2D eigenvalue weighted by Crippen LogP contribution is -2.68. The lowest BCUT2D eigenvalue weighted by molar-refractivity contribution is -0.385. The maximum atomic E-state index is 9.40. The van der Waals surface area contributed by atoms with E-state index in [1.165, 1.54) is 0 Å². The van der Waals surface area contributed by atoms with Crippen LogP contribution < -0.4 is 0 Å². The molecule has 0 aromatic heterocycles. The Bertz CT molecular complexity index is 162. The molecule has 3 heterocycles. The zero-order valence-electron chi connectivity index (χ0n) is 5.80. The van der Waals surface area contributed by atoms with Gasteiger partial charge in [0.25, 0.3) is 0 Å². The van der Waals surface area contributed by atoms with Crippen molar-refractivity contribution < 1.29 is 24.8 Å². The zero-order valence-corrected chi connectivity index (χ0v) is 5.80. The van der Waals surface area contributed by atoms with Crippen molar-refractivity contribution in [2.45, 2.75) is 24.1 Å². The van der Waals surface area contributed by atoms with Crippen LogP contribution in [0.15, 0.2) is 0 Å². The highest BCUT2D eigenvalue weighted by Gasteiger charge is 2.54. The van der Waals surface area contributed by atoms with Crippen molar-refractivity contribution in [3.05, 3.63) is 0 Å². The van der Waals surface area contributed by atoms with Gasteiger partial charge >= 0.3 is 0 Å². The fourth-order valence-electron chi connectivity index (χ4n) is 1.38. The third-order valence-electron chi connectivity index (χ3n) is 2.17. The maximum Gasteiger partial charge on any atom is 0.219 e. The van der Waals surface area contributed by atoms with E-state index in [4.69, 9.17) is 9.47 Å². The number of fused-ring (bicyclic) bond motifs is 3. The van der Waals surface area contributed by atoms with Crippen molar-refractivity contribution in [3.63, 3.8) is 0 Å². The normalized spacial score (nSPS) is 56.5. The van der Waals surface area contributed by atoms with Gasteiger partial charge in [0.05, 0.1) is 6.61 Å². The van der Waals surface area contributed by atoms with Gasteiger partial charge in [0.15, 0.2) is 0 Å². The lowest BCUT2D eigenvalue weighted by atomic mass is 9.94. The van der Waals surface area contributed by atoms with E-state index in [0.717, 1.165) is 0 Å². The molecule has 4 atom stereocenters. The summed E-state index contributed by atoms with van der Waals surface area (Å²) in [4.78, 5) is 0. The van der Waals surface area contributed by atoms with Gasteiger partial charge in [-0.25, -0.2) is 0 Å². The largest absolute Gasteiger partial charge is 0.387 e. The average molecular weight is 162 g/mol. The molecule has 64 valence electrons. The van der Waals surface area contributed by atoms with E-state index in [9.17, 15) is 15.3 Å². The Labute approximate surface area is 63.2 Å². The van der Waals surface area contributed by atoms with Gasteiger partial charge in [0.2, 0.25) is 5.79 Å². The van der Waals surface area contributed by atoms with Crippen molar-refractivity contribution in [2.24, 2.45) is 0 Å². The van der Waals surface area contributed by atoms with Crippen LogP contribution in [0.3, 0.4) is 0 Å². The SMILES string of the molecule is O[C@@H]1[C@H]2CO[C@](O)(CO2)[C@H]1O. The fourth-order valence-corrected chi connectivity index (χ4v) is 1.38. The Hall–Kier alpha value is -0.200. The first-order valence-corrected chi connectivity index (χ1v) is 3.47. The number of aliphatic hydroxyl groups is 3. The molecule has 3 saturated heterocycles. The number of aliphatic hydroxyl groups excluding tert-OH is 2. The van der Waals surface area contributed by atoms with Gasteiger partial charge in [-0.05, 0) is 0 Å². The number of ether oxygens (including phenoxy) is 2. The van der Waals surface area contributed by atoms with E-state index in [2.05, 4.69) is 0 Å². The first kappa shape index (κ1) is 7.45. The maximum absolute atomic E-state index is 9.40. The zero-order chi connectivity index (χ0) is 8.06. The highest BCUT2D eigenvalue weighted by atomic mass is 16.7. The van der Waals surface area contributed by atoms with Crippen LogP contribution in [-0.2, 0) is 9.47 Å². The Morgan fingerprint density at radius 3 is 2.45 bits per heavy atom. The van der Waals surface area contributed by atoms with E-state index in [1.54, 1.807) is 0 Å². The van der Waals surface area contributed by atoms with Gasteiger partial charge in [0.1, 0.15) is 24.9 Å². The van der Waals surface area contributed by atoms with Gasteiger partial charge < -0.3 is 24.8 Å². The van der Waals surface area contributed by atoms with Crippen molar-refractivity contribution in [1.29, 1.82) is 0 Å². The minimum absolute atomic E-state index is 0.0735. The molecule has 0 aromatic carbocycles. The molecule has 3 N–H and O–H groups in total. The van der Waals surface area contributed by atoms with Gasteiger partial charge in [-0.15, -0.1) is 0 Å². The second-order valence-corrected chi connectivity index (χ2v) is 2.94. The minimum atomic E-state index is -1.70. The standard InChI is InChI=1S/C6H10O5/c7-4-3-1-11-6(9,2-10-3)5(4)8/h3-5,7-9H,1-2H2/t3-,4-,5+,6-/m1/s1. The van der Waals surface area contributed by atoms with E-state index in [-0.39, 0.29) is 13.2 Å². The molecule has 0 radical (unpaired) electrons. The summed E-state index contributed by atoms with van der Waals surface area (Å²) < 4.78 is 9.85. The molecular weight excluding hydrogens is 152 g/mol. The molecule has 11 heavy (non-hydrogen) atoms. The van der Waals surface area contributed by atoms with Crippen molar-refractivity contribution in [2.75, 3.05) is 13.2 Å². The van der Waals surface area contributed by atoms with Crippen LogP contribution in [0.4, 0.5) is 0 Å². The number of hydrogen-bond acceptors (Lipinski definition) is 5. The molecule has 3 fully saturated rings. The van der Waals surface area contributed by atoms with Crippen LogP contribution in [0.25, 0.3) is 0 Å². The predicted octanol–water partition coefficient (Wildman–Crippen LogP) is -2.17. The Kier molecular flexibility index (Phi) is 1.45. The lowest BCUT2D eigenvalue weighted by Gasteiger charge is -2.48. The molecule has 0 amide bonds. The van der Waals surface area contributed by atoms with E-state index in [0.29, 0.717) is 0 Å².